The second-order valence-corrected chi connectivity index (χ2v) is 7.26. The number of hydrogen-bond donors (Lipinski definition) is 3. The standard InChI is InChI=1S/C15H10ClFN4O5S/c16-10-5-8(15(23)24)6-13(14(10)22)27(25,26)20-12-7-9(1-2-11(12)17)21-18-3-4-19-21/h1-7,20,22H,(H,23,24). The first-order chi connectivity index (χ1) is 12.7. The van der Waals surface area contributed by atoms with Gasteiger partial charge in [0.1, 0.15) is 10.7 Å². The van der Waals surface area contributed by atoms with Crippen molar-refractivity contribution in [3.63, 3.8) is 0 Å². The minimum Gasteiger partial charge on any atom is -0.505 e. The molecule has 1 aromatic heterocycles. The van der Waals surface area contributed by atoms with Gasteiger partial charge in [-0.15, -0.1) is 0 Å². The van der Waals surface area contributed by atoms with Crippen LogP contribution in [0, 0.1) is 5.82 Å². The Labute approximate surface area is 156 Å². The number of sulfonamides is 1. The predicted molar refractivity (Wildman–Crippen MR) is 92.2 cm³/mol. The maximum atomic E-state index is 14.1. The Morgan fingerprint density at radius 1 is 1.19 bits per heavy atom. The van der Waals surface area contributed by atoms with Gasteiger partial charge in [0, 0.05) is 0 Å². The Morgan fingerprint density at radius 2 is 1.85 bits per heavy atom. The second-order valence-electron chi connectivity index (χ2n) is 5.20. The lowest BCUT2D eigenvalue weighted by Gasteiger charge is -2.12. The third kappa shape index (κ3) is 3.68. The molecule has 0 unspecified atom stereocenters. The lowest BCUT2D eigenvalue weighted by atomic mass is 10.2. The number of halogens is 2. The third-order valence-corrected chi connectivity index (χ3v) is 5.08. The van der Waals surface area contributed by atoms with Crippen molar-refractivity contribution in [1.82, 2.24) is 15.0 Å². The van der Waals surface area contributed by atoms with Gasteiger partial charge in [0.25, 0.3) is 10.0 Å². The topological polar surface area (TPSA) is 134 Å². The van der Waals surface area contributed by atoms with Crippen molar-refractivity contribution in [3.05, 3.63) is 59.1 Å². The number of aromatic hydroxyl groups is 1. The molecule has 12 heteroatoms. The minimum absolute atomic E-state index is 0.264. The SMILES string of the molecule is O=C(O)c1cc(Cl)c(O)c(S(=O)(=O)Nc2cc(-n3nccn3)ccc2F)c1. The fourth-order valence-electron chi connectivity index (χ4n) is 2.17. The molecule has 0 saturated heterocycles. The highest BCUT2D eigenvalue weighted by molar-refractivity contribution is 7.92. The first-order valence-corrected chi connectivity index (χ1v) is 9.00. The van der Waals surface area contributed by atoms with Crippen LogP contribution in [-0.4, -0.2) is 39.6 Å². The normalized spacial score (nSPS) is 11.3. The highest BCUT2D eigenvalue weighted by Crippen LogP contribution is 2.34. The van der Waals surface area contributed by atoms with Crippen LogP contribution < -0.4 is 4.72 Å². The van der Waals surface area contributed by atoms with Gasteiger partial charge in [-0.25, -0.2) is 17.6 Å². The maximum absolute atomic E-state index is 14.1. The summed E-state index contributed by atoms with van der Waals surface area (Å²) in [6.07, 6.45) is 2.76. The fourth-order valence-corrected chi connectivity index (χ4v) is 3.64. The number of phenolic OH excluding ortho intramolecular Hbond substituents is 1. The molecule has 0 spiro atoms. The van der Waals surface area contributed by atoms with E-state index in [4.69, 9.17) is 16.7 Å². The molecule has 0 aliphatic rings. The van der Waals surface area contributed by atoms with Crippen molar-refractivity contribution in [2.45, 2.75) is 4.90 Å². The lowest BCUT2D eigenvalue weighted by Crippen LogP contribution is -2.15. The van der Waals surface area contributed by atoms with Gasteiger partial charge >= 0.3 is 5.97 Å². The molecule has 0 atom stereocenters. The number of aromatic carboxylic acids is 1. The molecule has 0 amide bonds. The Hall–Kier alpha value is -3.18. The summed E-state index contributed by atoms with van der Waals surface area (Å²) in [5, 5.41) is 26.2. The summed E-state index contributed by atoms with van der Waals surface area (Å²) in [6, 6.07) is 5.06. The zero-order chi connectivity index (χ0) is 19.8. The zero-order valence-corrected chi connectivity index (χ0v) is 14.7. The molecular formula is C15H10ClFN4O5S. The molecule has 1 heterocycles. The first-order valence-electron chi connectivity index (χ1n) is 7.14. The minimum atomic E-state index is -4.57. The fraction of sp³-hybridized carbons (Fsp3) is 0. The summed E-state index contributed by atoms with van der Waals surface area (Å²) >= 11 is 5.70. The summed E-state index contributed by atoms with van der Waals surface area (Å²) < 4.78 is 41.2. The summed E-state index contributed by atoms with van der Waals surface area (Å²) in [5.41, 5.74) is -0.658. The quantitative estimate of drug-likeness (QED) is 0.585. The number of carboxylic acids is 1. The molecule has 0 radical (unpaired) electrons. The van der Waals surface area contributed by atoms with Crippen molar-refractivity contribution < 1.29 is 27.8 Å². The average Bonchev–Trinajstić information content (AvgIpc) is 3.13. The van der Waals surface area contributed by atoms with E-state index < -0.39 is 48.7 Å². The van der Waals surface area contributed by atoms with E-state index in [1.807, 2.05) is 4.72 Å². The third-order valence-electron chi connectivity index (χ3n) is 3.41. The van der Waals surface area contributed by atoms with Crippen LogP contribution in [0.1, 0.15) is 10.4 Å². The number of carboxylic acid groups (broad SMARTS) is 1. The van der Waals surface area contributed by atoms with E-state index in [0.29, 0.717) is 6.07 Å². The molecule has 3 rings (SSSR count). The van der Waals surface area contributed by atoms with E-state index >= 15 is 0 Å². The highest BCUT2D eigenvalue weighted by Gasteiger charge is 2.25. The van der Waals surface area contributed by atoms with Crippen LogP contribution in [0.4, 0.5) is 10.1 Å². The van der Waals surface area contributed by atoms with Crippen LogP contribution in [0.25, 0.3) is 5.69 Å². The van der Waals surface area contributed by atoms with E-state index in [0.717, 1.165) is 23.0 Å². The molecular weight excluding hydrogens is 403 g/mol. The largest absolute Gasteiger partial charge is 0.505 e. The van der Waals surface area contributed by atoms with E-state index in [9.17, 15) is 22.7 Å². The van der Waals surface area contributed by atoms with Crippen molar-refractivity contribution in [3.8, 4) is 11.4 Å². The number of anilines is 1. The molecule has 2 aromatic carbocycles. The van der Waals surface area contributed by atoms with Crippen molar-refractivity contribution >= 4 is 33.3 Å². The van der Waals surface area contributed by atoms with Gasteiger partial charge in [0.2, 0.25) is 0 Å². The van der Waals surface area contributed by atoms with Crippen molar-refractivity contribution in [1.29, 1.82) is 0 Å². The van der Waals surface area contributed by atoms with Crippen LogP contribution in [0.3, 0.4) is 0 Å². The van der Waals surface area contributed by atoms with Gasteiger partial charge in [0.05, 0.1) is 34.4 Å². The molecule has 0 bridgehead atoms. The average molecular weight is 413 g/mol. The smallest absolute Gasteiger partial charge is 0.335 e. The molecule has 3 aromatic rings. The van der Waals surface area contributed by atoms with Crippen molar-refractivity contribution in [2.75, 3.05) is 4.72 Å². The molecule has 140 valence electrons. The highest BCUT2D eigenvalue weighted by atomic mass is 35.5. The molecule has 0 saturated carbocycles. The Bertz CT molecular complexity index is 1140. The number of nitrogens with zero attached hydrogens (tertiary/aromatic N) is 3. The maximum Gasteiger partial charge on any atom is 0.335 e. The number of carbonyl (C=O) groups is 1. The van der Waals surface area contributed by atoms with Gasteiger partial charge in [-0.2, -0.15) is 15.0 Å². The van der Waals surface area contributed by atoms with Gasteiger partial charge < -0.3 is 10.2 Å². The van der Waals surface area contributed by atoms with Crippen LogP contribution >= 0.6 is 11.6 Å². The first kappa shape index (κ1) is 18.6. The molecule has 3 N–H and O–H groups in total. The lowest BCUT2D eigenvalue weighted by molar-refractivity contribution is 0.0696. The Balaban J connectivity index is 2.05. The van der Waals surface area contributed by atoms with Crippen LogP contribution in [-0.2, 0) is 10.0 Å². The monoisotopic (exact) mass is 412 g/mol. The second kappa shape index (κ2) is 6.85. The van der Waals surface area contributed by atoms with Crippen LogP contribution in [0.2, 0.25) is 5.02 Å². The van der Waals surface area contributed by atoms with Gasteiger partial charge in [-0.3, -0.25) is 4.72 Å². The Kier molecular flexibility index (Phi) is 4.72. The van der Waals surface area contributed by atoms with E-state index in [1.165, 1.54) is 18.5 Å². The van der Waals surface area contributed by atoms with Crippen molar-refractivity contribution in [2.24, 2.45) is 0 Å². The van der Waals surface area contributed by atoms with Crippen LogP contribution in [0.15, 0.2) is 47.6 Å². The number of rotatable bonds is 5. The van der Waals surface area contributed by atoms with Gasteiger partial charge in [-0.1, -0.05) is 11.6 Å². The summed E-state index contributed by atoms with van der Waals surface area (Å²) in [7, 11) is -4.57. The molecule has 0 aliphatic carbocycles. The number of benzene rings is 2. The zero-order valence-electron chi connectivity index (χ0n) is 13.2. The molecule has 9 nitrogen and oxygen atoms in total. The summed E-state index contributed by atoms with van der Waals surface area (Å²) in [4.78, 5) is 11.4. The van der Waals surface area contributed by atoms with Gasteiger partial charge in [-0.05, 0) is 30.3 Å². The predicted octanol–water partition coefficient (Wildman–Crippen LogP) is 2.26. The molecule has 0 fully saturated rings. The number of aromatic nitrogens is 3. The number of hydrogen-bond acceptors (Lipinski definition) is 6. The summed E-state index contributed by atoms with van der Waals surface area (Å²) in [5.74, 6) is -3.22. The van der Waals surface area contributed by atoms with E-state index in [1.54, 1.807) is 0 Å². The van der Waals surface area contributed by atoms with Crippen LogP contribution in [0.5, 0.6) is 5.75 Å². The van der Waals surface area contributed by atoms with E-state index in [-0.39, 0.29) is 5.69 Å². The summed E-state index contributed by atoms with van der Waals surface area (Å²) in [6.45, 7) is 0. The van der Waals surface area contributed by atoms with Gasteiger partial charge in [0.15, 0.2) is 5.75 Å². The molecule has 27 heavy (non-hydrogen) atoms. The Morgan fingerprint density at radius 3 is 2.48 bits per heavy atom. The number of phenols is 1. The number of nitrogens with one attached hydrogen (secondary N) is 1. The van der Waals surface area contributed by atoms with E-state index in [2.05, 4.69) is 10.2 Å². The molecule has 0 aliphatic heterocycles.